The van der Waals surface area contributed by atoms with Crippen molar-refractivity contribution in [2.75, 3.05) is 20.3 Å². The van der Waals surface area contributed by atoms with E-state index in [4.69, 9.17) is 21.0 Å². The Hall–Kier alpha value is -1.22. The van der Waals surface area contributed by atoms with E-state index in [1.165, 1.54) is 0 Å². The largest absolute Gasteiger partial charge is 0.493 e. The van der Waals surface area contributed by atoms with E-state index >= 15 is 0 Å². The van der Waals surface area contributed by atoms with E-state index in [2.05, 4.69) is 27.2 Å². The third-order valence-corrected chi connectivity index (χ3v) is 3.49. The Morgan fingerprint density at radius 2 is 2.25 bits per heavy atom. The van der Waals surface area contributed by atoms with Crippen molar-refractivity contribution in [3.8, 4) is 23.8 Å². The molecule has 5 heteroatoms. The number of hydrogen-bond acceptors (Lipinski definition) is 4. The Kier molecular flexibility index (Phi) is 7.45. The lowest BCUT2D eigenvalue weighted by molar-refractivity contribution is 0.238. The maximum absolute atomic E-state index is 9.17. The summed E-state index contributed by atoms with van der Waals surface area (Å²) in [4.78, 5) is 0. The van der Waals surface area contributed by atoms with Crippen LogP contribution in [0.4, 0.5) is 0 Å². The van der Waals surface area contributed by atoms with Crippen LogP contribution in [0.1, 0.15) is 18.9 Å². The first-order valence-corrected chi connectivity index (χ1v) is 7.22. The van der Waals surface area contributed by atoms with Gasteiger partial charge >= 0.3 is 0 Å². The van der Waals surface area contributed by atoms with Crippen LogP contribution in [0.5, 0.6) is 11.5 Å². The number of nitrogens with one attached hydrogen (secondary N) is 1. The molecule has 1 rings (SSSR count). The minimum atomic E-state index is 0.0946. The zero-order valence-corrected chi connectivity index (χ0v) is 13.4. The van der Waals surface area contributed by atoms with Gasteiger partial charge in [0.2, 0.25) is 0 Å². The lowest BCUT2D eigenvalue weighted by Crippen LogP contribution is -2.31. The van der Waals surface area contributed by atoms with Gasteiger partial charge in [0.1, 0.15) is 6.61 Å². The molecule has 4 nitrogen and oxygen atoms in total. The first kappa shape index (κ1) is 16.8. The molecule has 0 spiro atoms. The molecule has 110 valence electrons. The van der Waals surface area contributed by atoms with E-state index in [1.807, 2.05) is 19.1 Å². The molecular weight excluding hydrogens is 322 g/mol. The number of methoxy groups -OCH3 is 1. The molecule has 0 bridgehead atoms. The average Bonchev–Trinajstić information content (AvgIpc) is 2.46. The second kappa shape index (κ2) is 8.85. The molecule has 0 saturated heterocycles. The van der Waals surface area contributed by atoms with Crippen molar-refractivity contribution in [2.24, 2.45) is 0 Å². The monoisotopic (exact) mass is 341 g/mol. The van der Waals surface area contributed by atoms with Crippen LogP contribution >= 0.6 is 15.9 Å². The number of aliphatic hydroxyl groups is 1. The summed E-state index contributed by atoms with van der Waals surface area (Å²) in [6.45, 7) is 2.98. The van der Waals surface area contributed by atoms with Crippen LogP contribution in [0, 0.1) is 12.3 Å². The minimum Gasteiger partial charge on any atom is -0.493 e. The van der Waals surface area contributed by atoms with Crippen molar-refractivity contribution < 1.29 is 14.6 Å². The van der Waals surface area contributed by atoms with Crippen molar-refractivity contribution in [3.05, 3.63) is 22.2 Å². The van der Waals surface area contributed by atoms with Crippen LogP contribution in [0.25, 0.3) is 0 Å². The number of rotatable bonds is 8. The molecule has 2 N–H and O–H groups in total. The van der Waals surface area contributed by atoms with Crippen molar-refractivity contribution >= 4 is 15.9 Å². The standard InChI is InChI=1S/C15H20BrNO3/c1-4-6-20-15-13(16)7-11(8-14(15)19-3)9-17-12(5-2)10-18/h1,7-8,12,17-18H,5-6,9-10H2,2-3H3/t12-/m1/s1. The van der Waals surface area contributed by atoms with Gasteiger partial charge < -0.3 is 19.9 Å². The quantitative estimate of drug-likeness (QED) is 0.712. The smallest absolute Gasteiger partial charge is 0.176 e. The zero-order chi connectivity index (χ0) is 15.0. The van der Waals surface area contributed by atoms with Gasteiger partial charge in [-0.05, 0) is 40.0 Å². The summed E-state index contributed by atoms with van der Waals surface area (Å²) in [6, 6.07) is 3.94. The predicted molar refractivity (Wildman–Crippen MR) is 83.0 cm³/mol. The summed E-state index contributed by atoms with van der Waals surface area (Å²) >= 11 is 3.46. The summed E-state index contributed by atoms with van der Waals surface area (Å²) in [5.74, 6) is 3.65. The highest BCUT2D eigenvalue weighted by molar-refractivity contribution is 9.10. The molecule has 0 fully saturated rings. The van der Waals surface area contributed by atoms with Crippen LogP contribution in [0.3, 0.4) is 0 Å². The van der Waals surface area contributed by atoms with Crippen molar-refractivity contribution in [1.82, 2.24) is 5.32 Å². The van der Waals surface area contributed by atoms with Gasteiger partial charge in [0, 0.05) is 12.6 Å². The molecule has 0 aliphatic heterocycles. The first-order chi connectivity index (χ1) is 9.65. The molecule has 0 saturated carbocycles. The minimum absolute atomic E-state index is 0.0946. The van der Waals surface area contributed by atoms with E-state index in [0.717, 1.165) is 16.5 Å². The predicted octanol–water partition coefficient (Wildman–Crippen LogP) is 2.33. The summed E-state index contributed by atoms with van der Waals surface area (Å²) in [5.41, 5.74) is 1.04. The third-order valence-electron chi connectivity index (χ3n) is 2.90. The summed E-state index contributed by atoms with van der Waals surface area (Å²) in [7, 11) is 1.59. The molecule has 0 unspecified atom stereocenters. The fourth-order valence-corrected chi connectivity index (χ4v) is 2.33. The molecular formula is C15H20BrNO3. The Morgan fingerprint density at radius 1 is 1.50 bits per heavy atom. The second-order valence-corrected chi connectivity index (χ2v) is 5.12. The summed E-state index contributed by atoms with van der Waals surface area (Å²) < 4.78 is 11.6. The number of halogens is 1. The van der Waals surface area contributed by atoms with Crippen molar-refractivity contribution in [2.45, 2.75) is 25.9 Å². The van der Waals surface area contributed by atoms with Crippen molar-refractivity contribution in [1.29, 1.82) is 0 Å². The Bertz CT molecular complexity index is 467. The maximum atomic E-state index is 9.17. The van der Waals surface area contributed by atoms with E-state index in [1.54, 1.807) is 7.11 Å². The van der Waals surface area contributed by atoms with Gasteiger partial charge in [-0.3, -0.25) is 0 Å². The van der Waals surface area contributed by atoms with E-state index in [9.17, 15) is 0 Å². The molecule has 20 heavy (non-hydrogen) atoms. The number of benzene rings is 1. The topological polar surface area (TPSA) is 50.7 Å². The van der Waals surface area contributed by atoms with E-state index < -0.39 is 0 Å². The van der Waals surface area contributed by atoms with Gasteiger partial charge in [0.05, 0.1) is 18.2 Å². The van der Waals surface area contributed by atoms with E-state index in [-0.39, 0.29) is 19.3 Å². The van der Waals surface area contributed by atoms with Crippen LogP contribution in [-0.2, 0) is 6.54 Å². The van der Waals surface area contributed by atoms with Crippen LogP contribution in [0.15, 0.2) is 16.6 Å². The number of ether oxygens (including phenoxy) is 2. The molecule has 0 radical (unpaired) electrons. The van der Waals surface area contributed by atoms with Gasteiger partial charge in [-0.1, -0.05) is 12.8 Å². The molecule has 1 aromatic carbocycles. The second-order valence-electron chi connectivity index (χ2n) is 4.27. The van der Waals surface area contributed by atoms with Gasteiger partial charge in [-0.25, -0.2) is 0 Å². The molecule has 0 aliphatic carbocycles. The van der Waals surface area contributed by atoms with Crippen LogP contribution in [-0.4, -0.2) is 31.5 Å². The van der Waals surface area contributed by atoms with Gasteiger partial charge in [0.15, 0.2) is 11.5 Å². The first-order valence-electron chi connectivity index (χ1n) is 6.43. The molecule has 1 atom stereocenters. The molecule has 0 amide bonds. The average molecular weight is 342 g/mol. The SMILES string of the molecule is C#CCOc1c(Br)cc(CN[C@H](CC)CO)cc1OC. The molecule has 0 heterocycles. The Morgan fingerprint density at radius 3 is 2.80 bits per heavy atom. The van der Waals surface area contributed by atoms with Gasteiger partial charge in [-0.2, -0.15) is 0 Å². The normalized spacial score (nSPS) is 11.8. The fourth-order valence-electron chi connectivity index (χ4n) is 1.73. The Balaban J connectivity index is 2.84. The molecule has 1 aromatic rings. The number of aliphatic hydroxyl groups excluding tert-OH is 1. The fraction of sp³-hybridized carbons (Fsp3) is 0.467. The van der Waals surface area contributed by atoms with Crippen LogP contribution in [0.2, 0.25) is 0 Å². The highest BCUT2D eigenvalue weighted by Crippen LogP contribution is 2.36. The van der Waals surface area contributed by atoms with Gasteiger partial charge in [0.25, 0.3) is 0 Å². The number of hydrogen-bond donors (Lipinski definition) is 2. The maximum Gasteiger partial charge on any atom is 0.176 e. The zero-order valence-electron chi connectivity index (χ0n) is 11.8. The highest BCUT2D eigenvalue weighted by atomic mass is 79.9. The van der Waals surface area contributed by atoms with E-state index in [0.29, 0.717) is 18.0 Å². The van der Waals surface area contributed by atoms with Gasteiger partial charge in [-0.15, -0.1) is 6.42 Å². The third kappa shape index (κ3) is 4.71. The molecule has 0 aromatic heterocycles. The summed E-state index contributed by atoms with van der Waals surface area (Å²) in [5, 5.41) is 12.4. The lowest BCUT2D eigenvalue weighted by atomic mass is 10.1. The number of terminal acetylenes is 1. The highest BCUT2D eigenvalue weighted by Gasteiger charge is 2.12. The van der Waals surface area contributed by atoms with Crippen molar-refractivity contribution in [3.63, 3.8) is 0 Å². The summed E-state index contributed by atoms with van der Waals surface area (Å²) in [6.07, 6.45) is 6.07. The van der Waals surface area contributed by atoms with Crippen LogP contribution < -0.4 is 14.8 Å². The molecule has 0 aliphatic rings. The Labute approximate surface area is 128 Å². The lowest BCUT2D eigenvalue weighted by Gasteiger charge is -2.16.